The second-order valence-electron chi connectivity index (χ2n) is 5.32. The van der Waals surface area contributed by atoms with Crippen LogP contribution in [0.4, 0.5) is 0 Å². The Hall–Kier alpha value is -1.84. The van der Waals surface area contributed by atoms with E-state index in [1.54, 1.807) is 0 Å². The first-order valence-corrected chi connectivity index (χ1v) is 6.52. The van der Waals surface area contributed by atoms with Crippen molar-refractivity contribution in [2.45, 2.75) is 38.4 Å². The molecule has 4 nitrogen and oxygen atoms in total. The van der Waals surface area contributed by atoms with Gasteiger partial charge in [0, 0.05) is 29.9 Å². The molecule has 3 atom stereocenters. The third-order valence-electron chi connectivity index (χ3n) is 4.13. The number of hydrogen-bond donors (Lipinski definition) is 0. The van der Waals surface area contributed by atoms with Crippen LogP contribution in [0.2, 0.25) is 0 Å². The van der Waals surface area contributed by atoms with Crippen LogP contribution in [-0.4, -0.2) is 24.1 Å². The van der Waals surface area contributed by atoms with E-state index in [9.17, 15) is 9.59 Å². The minimum atomic E-state index is -0.344. The lowest BCUT2D eigenvalue weighted by Crippen LogP contribution is -2.29. The molecule has 4 heteroatoms. The zero-order valence-corrected chi connectivity index (χ0v) is 10.8. The van der Waals surface area contributed by atoms with Gasteiger partial charge in [-0.15, -0.1) is 0 Å². The minimum Gasteiger partial charge on any atom is -0.458 e. The highest BCUT2D eigenvalue weighted by Gasteiger charge is 2.40. The van der Waals surface area contributed by atoms with E-state index in [-0.39, 0.29) is 30.1 Å². The largest absolute Gasteiger partial charge is 0.458 e. The quantitative estimate of drug-likeness (QED) is 0.380. The highest BCUT2D eigenvalue weighted by atomic mass is 16.6. The molecule has 0 unspecified atom stereocenters. The van der Waals surface area contributed by atoms with Crippen molar-refractivity contribution in [2.24, 2.45) is 5.92 Å². The predicted octanol–water partition coefficient (Wildman–Crippen LogP) is 2.07. The maximum atomic E-state index is 11.9. The van der Waals surface area contributed by atoms with E-state index in [2.05, 4.69) is 6.58 Å². The van der Waals surface area contributed by atoms with Crippen LogP contribution in [0.15, 0.2) is 35.5 Å². The van der Waals surface area contributed by atoms with Crippen molar-refractivity contribution >= 4 is 11.9 Å². The van der Waals surface area contributed by atoms with Gasteiger partial charge in [0.25, 0.3) is 0 Å². The SMILES string of the molecule is C=C1C(=O)O[C@H]2CC3=CC[C@@H](OC3=O)/C(C)=C/C[C@H]12. The van der Waals surface area contributed by atoms with Crippen LogP contribution in [0, 0.1) is 5.92 Å². The standard InChI is InChI=1S/C15H16O4/c1-8-3-5-11-9(2)14(16)19-13(11)7-10-4-6-12(8)18-15(10)17/h3-4,11-13H,2,5-7H2,1H3/b8-3+/t11-,12-,13+/m1/s1. The number of hydrogen-bond acceptors (Lipinski definition) is 4. The average molecular weight is 260 g/mol. The molecule has 0 amide bonds. The molecular formula is C15H16O4. The smallest absolute Gasteiger partial charge is 0.334 e. The lowest BCUT2D eigenvalue weighted by molar-refractivity contribution is -0.146. The Bertz CT molecular complexity index is 526. The van der Waals surface area contributed by atoms with Gasteiger partial charge in [-0.2, -0.15) is 0 Å². The normalized spacial score (nSPS) is 36.9. The van der Waals surface area contributed by atoms with E-state index < -0.39 is 0 Å². The van der Waals surface area contributed by atoms with Gasteiger partial charge in [-0.25, -0.2) is 9.59 Å². The molecule has 0 aromatic heterocycles. The molecule has 0 spiro atoms. The van der Waals surface area contributed by atoms with Crippen LogP contribution in [0.25, 0.3) is 0 Å². The van der Waals surface area contributed by atoms with Crippen molar-refractivity contribution < 1.29 is 19.1 Å². The van der Waals surface area contributed by atoms with E-state index in [0.717, 1.165) is 5.57 Å². The van der Waals surface area contributed by atoms with E-state index in [1.807, 2.05) is 19.1 Å². The second-order valence-corrected chi connectivity index (χ2v) is 5.32. The fourth-order valence-corrected chi connectivity index (χ4v) is 2.84. The first-order valence-electron chi connectivity index (χ1n) is 6.52. The summed E-state index contributed by atoms with van der Waals surface area (Å²) in [6.45, 7) is 5.76. The molecule has 0 N–H and O–H groups in total. The lowest BCUT2D eigenvalue weighted by atomic mass is 9.86. The molecule has 0 aromatic carbocycles. The summed E-state index contributed by atoms with van der Waals surface area (Å²) in [6.07, 6.45) is 5.32. The van der Waals surface area contributed by atoms with Gasteiger partial charge in [0.1, 0.15) is 12.2 Å². The Morgan fingerprint density at radius 3 is 2.68 bits per heavy atom. The Morgan fingerprint density at radius 2 is 1.95 bits per heavy atom. The van der Waals surface area contributed by atoms with Gasteiger partial charge in [-0.05, 0) is 18.9 Å². The number of esters is 2. The van der Waals surface area contributed by atoms with Crippen molar-refractivity contribution in [3.8, 4) is 0 Å². The fraction of sp³-hybridized carbons (Fsp3) is 0.467. The van der Waals surface area contributed by atoms with Gasteiger partial charge in [-0.1, -0.05) is 18.7 Å². The van der Waals surface area contributed by atoms with Crippen LogP contribution in [0.3, 0.4) is 0 Å². The summed E-state index contributed by atoms with van der Waals surface area (Å²) < 4.78 is 10.7. The topological polar surface area (TPSA) is 52.6 Å². The van der Waals surface area contributed by atoms with E-state index in [0.29, 0.717) is 30.4 Å². The average Bonchev–Trinajstić information content (AvgIpc) is 2.65. The van der Waals surface area contributed by atoms with Gasteiger partial charge in [0.2, 0.25) is 0 Å². The molecule has 0 radical (unpaired) electrons. The summed E-state index contributed by atoms with van der Waals surface area (Å²) in [6, 6.07) is 0. The molecule has 3 heterocycles. The molecule has 4 aliphatic rings. The first kappa shape index (κ1) is 12.2. The Morgan fingerprint density at radius 1 is 1.16 bits per heavy atom. The van der Waals surface area contributed by atoms with Crippen LogP contribution >= 0.6 is 0 Å². The third kappa shape index (κ3) is 2.01. The molecule has 1 saturated heterocycles. The molecule has 2 bridgehead atoms. The number of rotatable bonds is 0. The Labute approximate surface area is 111 Å². The number of ether oxygens (including phenoxy) is 2. The van der Waals surface area contributed by atoms with Crippen LogP contribution < -0.4 is 0 Å². The maximum Gasteiger partial charge on any atom is 0.334 e. The Balaban J connectivity index is 1.98. The molecule has 0 aromatic rings. The molecule has 1 aliphatic carbocycles. The Kier molecular flexibility index (Phi) is 2.81. The number of fused-ring (bicyclic) bond motifs is 3. The van der Waals surface area contributed by atoms with E-state index in [1.165, 1.54) is 0 Å². The summed E-state index contributed by atoms with van der Waals surface area (Å²) in [7, 11) is 0. The van der Waals surface area contributed by atoms with Crippen molar-refractivity contribution in [1.29, 1.82) is 0 Å². The van der Waals surface area contributed by atoms with Crippen molar-refractivity contribution in [1.82, 2.24) is 0 Å². The summed E-state index contributed by atoms with van der Waals surface area (Å²) >= 11 is 0. The lowest BCUT2D eigenvalue weighted by Gasteiger charge is -2.27. The molecule has 19 heavy (non-hydrogen) atoms. The summed E-state index contributed by atoms with van der Waals surface area (Å²) in [4.78, 5) is 23.5. The number of allylic oxidation sites excluding steroid dienone is 1. The van der Waals surface area contributed by atoms with Crippen molar-refractivity contribution in [3.63, 3.8) is 0 Å². The van der Waals surface area contributed by atoms with Gasteiger partial charge in [0.15, 0.2) is 0 Å². The fourth-order valence-electron chi connectivity index (χ4n) is 2.84. The molecule has 100 valence electrons. The second kappa shape index (κ2) is 4.37. The molecule has 4 rings (SSSR count). The zero-order chi connectivity index (χ0) is 13.6. The first-order chi connectivity index (χ1) is 9.06. The van der Waals surface area contributed by atoms with E-state index >= 15 is 0 Å². The number of carbonyl (C=O) groups is 2. The van der Waals surface area contributed by atoms with Gasteiger partial charge in [-0.3, -0.25) is 0 Å². The van der Waals surface area contributed by atoms with Crippen LogP contribution in [0.5, 0.6) is 0 Å². The summed E-state index contributed by atoms with van der Waals surface area (Å²) in [5.74, 6) is -0.669. The van der Waals surface area contributed by atoms with Crippen molar-refractivity contribution in [2.75, 3.05) is 0 Å². The van der Waals surface area contributed by atoms with Gasteiger partial charge >= 0.3 is 11.9 Å². The third-order valence-corrected chi connectivity index (χ3v) is 4.13. The molecule has 3 aliphatic heterocycles. The molecular weight excluding hydrogens is 244 g/mol. The molecule has 0 saturated carbocycles. The highest BCUT2D eigenvalue weighted by molar-refractivity contribution is 5.92. The van der Waals surface area contributed by atoms with Gasteiger partial charge in [0.05, 0.1) is 0 Å². The summed E-state index contributed by atoms with van der Waals surface area (Å²) in [5.41, 5.74) is 2.15. The summed E-state index contributed by atoms with van der Waals surface area (Å²) in [5, 5.41) is 0. The highest BCUT2D eigenvalue weighted by Crippen LogP contribution is 2.36. The van der Waals surface area contributed by atoms with Gasteiger partial charge < -0.3 is 9.47 Å². The predicted molar refractivity (Wildman–Crippen MR) is 68.1 cm³/mol. The van der Waals surface area contributed by atoms with Crippen LogP contribution in [0.1, 0.15) is 26.2 Å². The van der Waals surface area contributed by atoms with Crippen molar-refractivity contribution in [3.05, 3.63) is 35.5 Å². The van der Waals surface area contributed by atoms with E-state index in [4.69, 9.17) is 9.47 Å². The monoisotopic (exact) mass is 260 g/mol. The number of carbonyl (C=O) groups excluding carboxylic acids is 2. The minimum absolute atomic E-state index is 0.0319. The molecule has 1 fully saturated rings. The van der Waals surface area contributed by atoms with Crippen LogP contribution in [-0.2, 0) is 19.1 Å². The zero-order valence-electron chi connectivity index (χ0n) is 10.8. The maximum absolute atomic E-state index is 11.9.